The molecular weight excluding hydrogens is 452 g/mol. The highest BCUT2D eigenvalue weighted by atomic mass is 35.5. The van der Waals surface area contributed by atoms with E-state index >= 15 is 0 Å². The summed E-state index contributed by atoms with van der Waals surface area (Å²) in [7, 11) is -3.90. The highest BCUT2D eigenvalue weighted by Crippen LogP contribution is 2.26. The van der Waals surface area contributed by atoms with Crippen molar-refractivity contribution in [3.63, 3.8) is 0 Å². The lowest BCUT2D eigenvalue weighted by Crippen LogP contribution is -2.28. The number of halogens is 3. The van der Waals surface area contributed by atoms with Gasteiger partial charge in [0.15, 0.2) is 5.82 Å². The van der Waals surface area contributed by atoms with Gasteiger partial charge in [-0.2, -0.15) is 9.97 Å². The summed E-state index contributed by atoms with van der Waals surface area (Å²) in [4.78, 5) is 12.5. The second-order valence-electron chi connectivity index (χ2n) is 7.86. The maximum Gasteiger partial charge on any atom is 0.226 e. The molecule has 0 saturated heterocycles. The Morgan fingerprint density at radius 2 is 1.71 bits per heavy atom. The molecule has 31 heavy (non-hydrogen) atoms. The summed E-state index contributed by atoms with van der Waals surface area (Å²) in [5.41, 5.74) is 0.343. The van der Waals surface area contributed by atoms with Crippen LogP contribution in [0.5, 0.6) is 0 Å². The third kappa shape index (κ3) is 7.91. The van der Waals surface area contributed by atoms with Crippen molar-refractivity contribution in [1.82, 2.24) is 15.0 Å². The summed E-state index contributed by atoms with van der Waals surface area (Å²) >= 11 is 5.54. The van der Waals surface area contributed by atoms with E-state index in [2.05, 4.69) is 20.3 Å². The van der Waals surface area contributed by atoms with Gasteiger partial charge in [0.25, 0.3) is 0 Å². The second-order valence-corrected chi connectivity index (χ2v) is 9.85. The number of nitrogens with zero attached hydrogens (tertiary/aromatic N) is 3. The number of anilines is 1. The number of rotatable bonds is 10. The van der Waals surface area contributed by atoms with E-state index in [0.717, 1.165) is 12.1 Å². The molecule has 0 radical (unpaired) electrons. The molecule has 4 N–H and O–H groups in total. The minimum absolute atomic E-state index is 0.0723. The van der Waals surface area contributed by atoms with Crippen LogP contribution in [0, 0.1) is 17.6 Å². The van der Waals surface area contributed by atoms with Crippen molar-refractivity contribution < 1.29 is 22.3 Å². The molecule has 0 amide bonds. The normalized spacial score (nSPS) is 14.0. The van der Waals surface area contributed by atoms with E-state index < -0.39 is 38.4 Å². The number of aliphatic hydroxyl groups is 1. The number of hydrogen-bond donors (Lipinski definition) is 3. The molecule has 1 aromatic heterocycles. The zero-order valence-electron chi connectivity index (χ0n) is 17.4. The number of nitrogens with two attached hydrogens (primary N) is 1. The van der Waals surface area contributed by atoms with Crippen molar-refractivity contribution in [2.24, 2.45) is 11.1 Å². The summed E-state index contributed by atoms with van der Waals surface area (Å²) in [5.74, 6) is -2.27. The summed E-state index contributed by atoms with van der Waals surface area (Å²) in [5, 5.41) is 17.1. The fourth-order valence-electron chi connectivity index (χ4n) is 3.05. The van der Waals surface area contributed by atoms with Crippen LogP contribution in [0.1, 0.15) is 50.3 Å². The largest absolute Gasteiger partial charge is 0.394 e. The van der Waals surface area contributed by atoms with Crippen molar-refractivity contribution >= 4 is 27.6 Å². The standard InChI is InChI=1S/C19H26ClF2N5O3S/c1-10(2)4-13(8-28)24-19-26-16(25-17(27-19)9-31(23,29)30)5-11(3)12-6-14(21)18(20)15(22)7-12/h6-7,10-11,13,28H,4-5,8-9H2,1-3H3,(H2,23,29,30)(H,24,25,26,27)/t11-,13-/m1/s1. The molecule has 2 rings (SSSR count). The van der Waals surface area contributed by atoms with Gasteiger partial charge in [0, 0.05) is 6.42 Å². The molecule has 0 unspecified atom stereocenters. The third-order valence-electron chi connectivity index (χ3n) is 4.43. The van der Waals surface area contributed by atoms with E-state index in [1.54, 1.807) is 6.92 Å². The van der Waals surface area contributed by atoms with Crippen LogP contribution in [0.4, 0.5) is 14.7 Å². The Kier molecular flexibility index (Phi) is 8.64. The lowest BCUT2D eigenvalue weighted by molar-refractivity contribution is 0.259. The first-order valence-corrected chi connectivity index (χ1v) is 11.7. The van der Waals surface area contributed by atoms with Crippen molar-refractivity contribution in [3.05, 3.63) is 46.0 Å². The predicted molar refractivity (Wildman–Crippen MR) is 114 cm³/mol. The van der Waals surface area contributed by atoms with Gasteiger partial charge in [0.1, 0.15) is 28.2 Å². The Labute approximate surface area is 185 Å². The van der Waals surface area contributed by atoms with Crippen LogP contribution in [0.25, 0.3) is 0 Å². The van der Waals surface area contributed by atoms with E-state index in [1.165, 1.54) is 0 Å². The number of primary sulfonamides is 1. The molecule has 0 aliphatic heterocycles. The van der Waals surface area contributed by atoms with Gasteiger partial charge in [-0.15, -0.1) is 0 Å². The summed E-state index contributed by atoms with van der Waals surface area (Å²) in [6, 6.07) is 1.91. The van der Waals surface area contributed by atoms with Gasteiger partial charge in [0.05, 0.1) is 12.6 Å². The highest BCUT2D eigenvalue weighted by molar-refractivity contribution is 7.88. The van der Waals surface area contributed by atoms with Gasteiger partial charge < -0.3 is 10.4 Å². The van der Waals surface area contributed by atoms with Crippen LogP contribution >= 0.6 is 11.6 Å². The topological polar surface area (TPSA) is 131 Å². The molecule has 2 atom stereocenters. The molecule has 1 heterocycles. The maximum atomic E-state index is 13.8. The van der Waals surface area contributed by atoms with E-state index in [9.17, 15) is 22.3 Å². The molecular formula is C19H26ClF2N5O3S. The Hall–Kier alpha value is -1.95. The highest BCUT2D eigenvalue weighted by Gasteiger charge is 2.19. The average Bonchev–Trinajstić information content (AvgIpc) is 2.63. The van der Waals surface area contributed by atoms with Crippen molar-refractivity contribution in [3.8, 4) is 0 Å². The Bertz CT molecular complexity index is 1000. The van der Waals surface area contributed by atoms with E-state index in [-0.39, 0.29) is 42.6 Å². The zero-order chi connectivity index (χ0) is 23.3. The van der Waals surface area contributed by atoms with Crippen molar-refractivity contribution in [1.29, 1.82) is 0 Å². The van der Waals surface area contributed by atoms with Crippen LogP contribution in [0.3, 0.4) is 0 Å². The molecule has 2 aromatic rings. The Morgan fingerprint density at radius 1 is 1.13 bits per heavy atom. The van der Waals surface area contributed by atoms with Gasteiger partial charge in [-0.25, -0.2) is 27.3 Å². The van der Waals surface area contributed by atoms with E-state index in [1.807, 2.05) is 13.8 Å². The van der Waals surface area contributed by atoms with E-state index in [4.69, 9.17) is 16.7 Å². The van der Waals surface area contributed by atoms with E-state index in [0.29, 0.717) is 12.0 Å². The third-order valence-corrected chi connectivity index (χ3v) is 5.45. The first-order chi connectivity index (χ1) is 14.4. The second kappa shape index (κ2) is 10.6. The quantitative estimate of drug-likeness (QED) is 0.448. The van der Waals surface area contributed by atoms with Crippen LogP contribution in [0.2, 0.25) is 5.02 Å². The minimum atomic E-state index is -3.90. The minimum Gasteiger partial charge on any atom is -0.394 e. The first-order valence-electron chi connectivity index (χ1n) is 9.64. The van der Waals surface area contributed by atoms with Gasteiger partial charge in [-0.3, -0.25) is 0 Å². The lowest BCUT2D eigenvalue weighted by atomic mass is 9.97. The van der Waals surface area contributed by atoms with Gasteiger partial charge in [0.2, 0.25) is 16.0 Å². The predicted octanol–water partition coefficient (Wildman–Crippen LogP) is 2.76. The van der Waals surface area contributed by atoms with Crippen LogP contribution in [0.15, 0.2) is 12.1 Å². The molecule has 172 valence electrons. The van der Waals surface area contributed by atoms with Crippen LogP contribution in [-0.2, 0) is 22.2 Å². The number of sulfonamides is 1. The molecule has 0 saturated carbocycles. The van der Waals surface area contributed by atoms with Crippen LogP contribution < -0.4 is 10.5 Å². The Balaban J connectivity index is 2.35. The number of aliphatic hydroxyl groups excluding tert-OH is 1. The average molecular weight is 478 g/mol. The molecule has 1 aromatic carbocycles. The number of hydrogen-bond acceptors (Lipinski definition) is 7. The molecule has 0 aliphatic rings. The van der Waals surface area contributed by atoms with Crippen molar-refractivity contribution in [2.75, 3.05) is 11.9 Å². The summed E-state index contributed by atoms with van der Waals surface area (Å²) in [6.07, 6.45) is 0.769. The van der Waals surface area contributed by atoms with Gasteiger partial charge in [-0.1, -0.05) is 32.4 Å². The SMILES string of the molecule is CC(C)C[C@H](CO)Nc1nc(C[C@@H](C)c2cc(F)c(Cl)c(F)c2)nc(CS(N)(=O)=O)n1. The lowest BCUT2D eigenvalue weighted by Gasteiger charge is -2.19. The molecule has 0 aliphatic carbocycles. The fourth-order valence-corrected chi connectivity index (χ4v) is 3.65. The zero-order valence-corrected chi connectivity index (χ0v) is 19.0. The molecule has 12 heteroatoms. The molecule has 8 nitrogen and oxygen atoms in total. The van der Waals surface area contributed by atoms with Gasteiger partial charge >= 0.3 is 0 Å². The number of benzene rings is 1. The first kappa shape index (κ1) is 25.3. The maximum absolute atomic E-state index is 13.8. The fraction of sp³-hybridized carbons (Fsp3) is 0.526. The molecule has 0 fully saturated rings. The van der Waals surface area contributed by atoms with Crippen LogP contribution in [-0.4, -0.2) is 41.1 Å². The monoisotopic (exact) mass is 477 g/mol. The molecule has 0 bridgehead atoms. The summed E-state index contributed by atoms with van der Waals surface area (Å²) < 4.78 is 50.7. The van der Waals surface area contributed by atoms with Crippen molar-refractivity contribution in [2.45, 2.75) is 51.3 Å². The smallest absolute Gasteiger partial charge is 0.226 e. The summed E-state index contributed by atoms with van der Waals surface area (Å²) in [6.45, 7) is 5.51. The molecule has 0 spiro atoms. The number of nitrogens with one attached hydrogen (secondary N) is 1. The van der Waals surface area contributed by atoms with Gasteiger partial charge in [-0.05, 0) is 36.0 Å². The Morgan fingerprint density at radius 3 is 2.23 bits per heavy atom. The number of aromatic nitrogens is 3.